The Bertz CT molecular complexity index is 384. The average Bonchev–Trinajstić information content (AvgIpc) is 2.33. The summed E-state index contributed by atoms with van der Waals surface area (Å²) in [7, 11) is 2.10. The third kappa shape index (κ3) is 1.96. The lowest BCUT2D eigenvalue weighted by molar-refractivity contribution is 0.0242. The fourth-order valence-electron chi connectivity index (χ4n) is 3.62. The first-order valence-electron chi connectivity index (χ1n) is 6.61. The van der Waals surface area contributed by atoms with E-state index in [1.165, 1.54) is 29.3 Å². The Morgan fingerprint density at radius 2 is 1.94 bits per heavy atom. The van der Waals surface area contributed by atoms with E-state index in [0.717, 1.165) is 0 Å². The van der Waals surface area contributed by atoms with Crippen LogP contribution in [0.5, 0.6) is 0 Å². The summed E-state index contributed by atoms with van der Waals surface area (Å²) in [4.78, 5) is 0. The summed E-state index contributed by atoms with van der Waals surface area (Å²) in [5.41, 5.74) is 1.93. The molecule has 1 saturated carbocycles. The van der Waals surface area contributed by atoms with Gasteiger partial charge >= 0.3 is 0 Å². The smallest absolute Gasteiger partial charge is 0.0210 e. The van der Waals surface area contributed by atoms with E-state index in [0.29, 0.717) is 17.4 Å². The molecule has 1 aliphatic rings. The van der Waals surface area contributed by atoms with Crippen molar-refractivity contribution < 1.29 is 0 Å². The van der Waals surface area contributed by atoms with E-state index in [2.05, 4.69) is 66.4 Å². The highest BCUT2D eigenvalue weighted by Crippen LogP contribution is 2.58. The number of hydrogen-bond acceptors (Lipinski definition) is 1. The minimum Gasteiger partial charge on any atom is -0.316 e. The Kier molecular flexibility index (Phi) is 3.94. The van der Waals surface area contributed by atoms with Gasteiger partial charge in [-0.15, -0.1) is 0 Å². The molecule has 0 saturated heterocycles. The van der Waals surface area contributed by atoms with Gasteiger partial charge in [0, 0.05) is 10.5 Å². The van der Waals surface area contributed by atoms with Gasteiger partial charge < -0.3 is 5.32 Å². The van der Waals surface area contributed by atoms with E-state index >= 15 is 0 Å². The Balaban J connectivity index is 2.32. The van der Waals surface area contributed by atoms with Crippen molar-refractivity contribution in [3.05, 3.63) is 34.3 Å². The maximum Gasteiger partial charge on any atom is 0.0210 e. The molecule has 2 heteroatoms. The number of nitrogens with one attached hydrogen (secondary N) is 1. The molecule has 1 N–H and O–H groups in total. The molecule has 94 valence electrons. The molecular weight excluding hydrogens is 274 g/mol. The van der Waals surface area contributed by atoms with Crippen molar-refractivity contribution >= 4 is 15.9 Å². The molecule has 0 spiro atoms. The summed E-state index contributed by atoms with van der Waals surface area (Å²) >= 11 is 3.70. The molecule has 0 heterocycles. The molecule has 0 bridgehead atoms. The molecule has 1 aromatic rings. The fourth-order valence-corrected chi connectivity index (χ4v) is 4.18. The van der Waals surface area contributed by atoms with Crippen molar-refractivity contribution in [2.75, 3.05) is 7.05 Å². The highest BCUT2D eigenvalue weighted by molar-refractivity contribution is 9.10. The van der Waals surface area contributed by atoms with Crippen molar-refractivity contribution in [2.45, 2.75) is 45.1 Å². The summed E-state index contributed by atoms with van der Waals surface area (Å²) in [5.74, 6) is 0.700. The van der Waals surface area contributed by atoms with Crippen LogP contribution in [0.15, 0.2) is 28.7 Å². The second-order valence-electron chi connectivity index (χ2n) is 5.09. The molecule has 1 aliphatic carbocycles. The third-order valence-corrected chi connectivity index (χ3v) is 5.53. The van der Waals surface area contributed by atoms with E-state index in [1.54, 1.807) is 0 Å². The van der Waals surface area contributed by atoms with Gasteiger partial charge in [-0.1, -0.05) is 48.0 Å². The van der Waals surface area contributed by atoms with Gasteiger partial charge in [-0.3, -0.25) is 0 Å². The molecule has 0 radical (unpaired) electrons. The first-order chi connectivity index (χ1) is 8.19. The maximum absolute atomic E-state index is 3.70. The Hall–Kier alpha value is -0.340. The summed E-state index contributed by atoms with van der Waals surface area (Å²) in [6.45, 7) is 4.66. The monoisotopic (exact) mass is 295 g/mol. The zero-order valence-electron chi connectivity index (χ0n) is 11.0. The van der Waals surface area contributed by atoms with Crippen LogP contribution in [-0.2, 0) is 0 Å². The van der Waals surface area contributed by atoms with Gasteiger partial charge in [-0.25, -0.2) is 0 Å². The van der Waals surface area contributed by atoms with Crippen molar-refractivity contribution in [1.29, 1.82) is 0 Å². The lowest BCUT2D eigenvalue weighted by Crippen LogP contribution is -2.57. The predicted octanol–water partition coefficient (Wildman–Crippen LogP) is 4.33. The second kappa shape index (κ2) is 5.11. The van der Waals surface area contributed by atoms with E-state index in [9.17, 15) is 0 Å². The zero-order chi connectivity index (χ0) is 12.5. The number of benzene rings is 1. The van der Waals surface area contributed by atoms with Gasteiger partial charge in [0.15, 0.2) is 0 Å². The van der Waals surface area contributed by atoms with Crippen molar-refractivity contribution in [3.63, 3.8) is 0 Å². The molecule has 0 amide bonds. The van der Waals surface area contributed by atoms with Crippen LogP contribution in [0.2, 0.25) is 0 Å². The van der Waals surface area contributed by atoms with Crippen LogP contribution in [0, 0.1) is 5.41 Å². The van der Waals surface area contributed by atoms with Crippen molar-refractivity contribution in [2.24, 2.45) is 5.41 Å². The van der Waals surface area contributed by atoms with Gasteiger partial charge in [0.25, 0.3) is 0 Å². The highest BCUT2D eigenvalue weighted by Gasteiger charge is 2.52. The minimum absolute atomic E-state index is 0.443. The van der Waals surface area contributed by atoms with Crippen LogP contribution < -0.4 is 5.32 Å². The average molecular weight is 296 g/mol. The third-order valence-electron chi connectivity index (χ3n) is 4.80. The van der Waals surface area contributed by atoms with E-state index < -0.39 is 0 Å². The van der Waals surface area contributed by atoms with E-state index in [1.807, 2.05) is 0 Å². The van der Waals surface area contributed by atoms with Gasteiger partial charge in [0.1, 0.15) is 0 Å². The molecule has 1 nitrogen and oxygen atoms in total. The molecular formula is C15H22BrN. The highest BCUT2D eigenvalue weighted by atomic mass is 79.9. The normalized spacial score (nSPS) is 26.6. The standard InChI is InChI=1S/C15H22BrN/c1-4-15(5-2)12(10-14(15)17-3)11-8-6-7-9-13(11)16/h6-9,12,14,17H,4-5,10H2,1-3H3. The van der Waals surface area contributed by atoms with Gasteiger partial charge in [0.2, 0.25) is 0 Å². The molecule has 2 unspecified atom stereocenters. The molecule has 1 fully saturated rings. The topological polar surface area (TPSA) is 12.0 Å². The van der Waals surface area contributed by atoms with Crippen LogP contribution >= 0.6 is 15.9 Å². The SMILES string of the molecule is CCC1(CC)C(NC)CC1c1ccccc1Br. The van der Waals surface area contributed by atoms with E-state index in [-0.39, 0.29) is 0 Å². The van der Waals surface area contributed by atoms with Crippen LogP contribution in [0.25, 0.3) is 0 Å². The minimum atomic E-state index is 0.443. The maximum atomic E-state index is 3.70. The molecule has 2 rings (SSSR count). The number of rotatable bonds is 4. The molecule has 1 aromatic carbocycles. The fraction of sp³-hybridized carbons (Fsp3) is 0.600. The molecule has 17 heavy (non-hydrogen) atoms. The van der Waals surface area contributed by atoms with Gasteiger partial charge in [0.05, 0.1) is 0 Å². The number of hydrogen-bond donors (Lipinski definition) is 1. The van der Waals surface area contributed by atoms with Crippen LogP contribution in [0.1, 0.15) is 44.6 Å². The first-order valence-corrected chi connectivity index (χ1v) is 7.40. The molecule has 0 aromatic heterocycles. The summed E-state index contributed by atoms with van der Waals surface area (Å²) in [6, 6.07) is 9.37. The molecule has 2 atom stereocenters. The van der Waals surface area contributed by atoms with Crippen molar-refractivity contribution in [1.82, 2.24) is 5.32 Å². The predicted molar refractivity (Wildman–Crippen MR) is 77.4 cm³/mol. The Morgan fingerprint density at radius 3 is 2.47 bits per heavy atom. The van der Waals surface area contributed by atoms with Gasteiger partial charge in [-0.2, -0.15) is 0 Å². The van der Waals surface area contributed by atoms with Crippen molar-refractivity contribution in [3.8, 4) is 0 Å². The Labute approximate surface area is 113 Å². The Morgan fingerprint density at radius 1 is 1.29 bits per heavy atom. The summed E-state index contributed by atoms with van der Waals surface area (Å²) in [5, 5.41) is 3.50. The largest absolute Gasteiger partial charge is 0.316 e. The van der Waals surface area contributed by atoms with Crippen LogP contribution in [-0.4, -0.2) is 13.1 Å². The zero-order valence-corrected chi connectivity index (χ0v) is 12.5. The van der Waals surface area contributed by atoms with E-state index in [4.69, 9.17) is 0 Å². The number of halogens is 1. The first kappa shape index (κ1) is 13.1. The van der Waals surface area contributed by atoms with Crippen LogP contribution in [0.4, 0.5) is 0 Å². The summed E-state index contributed by atoms with van der Waals surface area (Å²) < 4.78 is 1.27. The van der Waals surface area contributed by atoms with Crippen LogP contribution in [0.3, 0.4) is 0 Å². The lowest BCUT2D eigenvalue weighted by atomic mass is 9.52. The second-order valence-corrected chi connectivity index (χ2v) is 5.95. The quantitative estimate of drug-likeness (QED) is 0.872. The van der Waals surface area contributed by atoms with Gasteiger partial charge in [-0.05, 0) is 49.3 Å². The lowest BCUT2D eigenvalue weighted by Gasteiger charge is -2.56. The molecule has 0 aliphatic heterocycles. The summed E-state index contributed by atoms with van der Waals surface area (Å²) in [6.07, 6.45) is 3.77.